The minimum Gasteiger partial charge on any atom is -0.493 e. The summed E-state index contributed by atoms with van der Waals surface area (Å²) in [6.45, 7) is 6.49. The van der Waals surface area contributed by atoms with Gasteiger partial charge in [0, 0.05) is 4.47 Å². The number of hydrogen-bond donors (Lipinski definition) is 2. The van der Waals surface area contributed by atoms with Gasteiger partial charge in [-0.1, -0.05) is 54.9 Å². The monoisotopic (exact) mass is 462 g/mol. The van der Waals surface area contributed by atoms with E-state index in [0.29, 0.717) is 29.6 Å². The molecule has 2 N–H and O–H groups in total. The number of halogens is 1. The van der Waals surface area contributed by atoms with Crippen LogP contribution >= 0.6 is 15.9 Å². The minimum absolute atomic E-state index is 0.203. The highest BCUT2D eigenvalue weighted by atomic mass is 79.9. The second kappa shape index (κ2) is 11.5. The molecular formula is C22H27BrN2O4. The molecule has 0 spiro atoms. The lowest BCUT2D eigenvalue weighted by atomic mass is 9.98. The van der Waals surface area contributed by atoms with Gasteiger partial charge in [0.2, 0.25) is 0 Å². The summed E-state index contributed by atoms with van der Waals surface area (Å²) in [4.78, 5) is 24.6. The van der Waals surface area contributed by atoms with Crippen molar-refractivity contribution in [2.45, 2.75) is 39.5 Å². The molecule has 0 saturated carbocycles. The Morgan fingerprint density at radius 2 is 1.79 bits per heavy atom. The van der Waals surface area contributed by atoms with Gasteiger partial charge in [-0.2, -0.15) is 0 Å². The van der Waals surface area contributed by atoms with Crippen molar-refractivity contribution >= 4 is 27.7 Å². The lowest BCUT2D eigenvalue weighted by Gasteiger charge is -2.16. The van der Waals surface area contributed by atoms with Crippen molar-refractivity contribution in [3.8, 4) is 11.5 Å². The third kappa shape index (κ3) is 6.78. The highest BCUT2D eigenvalue weighted by Gasteiger charge is 2.15. The number of benzene rings is 2. The zero-order valence-electron chi connectivity index (χ0n) is 17.0. The Balaban J connectivity index is 1.93. The highest BCUT2D eigenvalue weighted by Crippen LogP contribution is 2.28. The molecule has 2 rings (SSSR count). The number of hydrogen-bond acceptors (Lipinski definition) is 4. The van der Waals surface area contributed by atoms with E-state index in [1.807, 2.05) is 31.2 Å². The molecule has 0 heterocycles. The smallest absolute Gasteiger partial charge is 0.276 e. The third-order valence-electron chi connectivity index (χ3n) is 4.38. The van der Waals surface area contributed by atoms with Gasteiger partial charge in [0.1, 0.15) is 11.5 Å². The van der Waals surface area contributed by atoms with Crippen LogP contribution in [0.4, 0.5) is 0 Å². The maximum Gasteiger partial charge on any atom is 0.276 e. The summed E-state index contributed by atoms with van der Waals surface area (Å²) in [5.41, 5.74) is 6.17. The number of nitrogens with one attached hydrogen (secondary N) is 2. The Labute approximate surface area is 180 Å². The van der Waals surface area contributed by atoms with E-state index in [-0.39, 0.29) is 6.61 Å². The van der Waals surface area contributed by atoms with E-state index < -0.39 is 11.8 Å². The Morgan fingerprint density at radius 3 is 2.52 bits per heavy atom. The van der Waals surface area contributed by atoms with Crippen LogP contribution in [0.15, 0.2) is 46.9 Å². The first-order valence-electron chi connectivity index (χ1n) is 9.69. The summed E-state index contributed by atoms with van der Waals surface area (Å²) in [7, 11) is 0. The maximum absolute atomic E-state index is 12.5. The number of carbonyl (C=O) groups is 2. The van der Waals surface area contributed by atoms with Crippen molar-refractivity contribution in [2.75, 3.05) is 13.2 Å². The van der Waals surface area contributed by atoms with Crippen LogP contribution in [0.1, 0.15) is 55.5 Å². The fourth-order valence-corrected chi connectivity index (χ4v) is 2.99. The molecule has 0 aliphatic heterocycles. The van der Waals surface area contributed by atoms with Gasteiger partial charge < -0.3 is 9.47 Å². The van der Waals surface area contributed by atoms with Gasteiger partial charge in [-0.3, -0.25) is 20.4 Å². The van der Waals surface area contributed by atoms with Crippen LogP contribution in [-0.2, 0) is 4.79 Å². The Hall–Kier alpha value is -2.54. The van der Waals surface area contributed by atoms with E-state index >= 15 is 0 Å². The van der Waals surface area contributed by atoms with Crippen molar-refractivity contribution in [3.05, 3.63) is 58.1 Å². The second-order valence-electron chi connectivity index (χ2n) is 6.63. The number of hydrazine groups is 1. The number of para-hydroxylation sites is 1. The molecule has 1 atom stereocenters. The summed E-state index contributed by atoms with van der Waals surface area (Å²) in [5.74, 6) is 0.534. The summed E-state index contributed by atoms with van der Waals surface area (Å²) >= 11 is 3.34. The van der Waals surface area contributed by atoms with Crippen LogP contribution in [0.2, 0.25) is 0 Å². The molecule has 0 radical (unpaired) electrons. The lowest BCUT2D eigenvalue weighted by Crippen LogP contribution is -2.44. The van der Waals surface area contributed by atoms with E-state index in [4.69, 9.17) is 9.47 Å². The molecular weight excluding hydrogens is 436 g/mol. The van der Waals surface area contributed by atoms with Gasteiger partial charge in [0.25, 0.3) is 11.8 Å². The molecule has 6 nitrogen and oxygen atoms in total. The summed E-state index contributed by atoms with van der Waals surface area (Å²) < 4.78 is 12.0. The molecule has 0 bridgehead atoms. The van der Waals surface area contributed by atoms with Gasteiger partial charge in [0.15, 0.2) is 6.61 Å². The standard InChI is InChI=1S/C22H27BrN2O4/c1-4-12-28-20-11-10-16(23)13-18(20)22(27)25-24-21(26)14-29-19-9-7-6-8-17(19)15(3)5-2/h6-11,13,15H,4-5,12,14H2,1-3H3,(H,24,26)(H,25,27). The summed E-state index contributed by atoms with van der Waals surface area (Å²) in [5, 5.41) is 0. The Morgan fingerprint density at radius 1 is 1.03 bits per heavy atom. The third-order valence-corrected chi connectivity index (χ3v) is 4.88. The van der Waals surface area contributed by atoms with Crippen LogP contribution in [0.5, 0.6) is 11.5 Å². The summed E-state index contributed by atoms with van der Waals surface area (Å²) in [6.07, 6.45) is 1.79. The van der Waals surface area contributed by atoms with Gasteiger partial charge >= 0.3 is 0 Å². The molecule has 156 valence electrons. The maximum atomic E-state index is 12.5. The van der Waals surface area contributed by atoms with Crippen LogP contribution in [-0.4, -0.2) is 25.0 Å². The predicted octanol–water partition coefficient (Wildman–Crippen LogP) is 4.59. The zero-order chi connectivity index (χ0) is 21.2. The lowest BCUT2D eigenvalue weighted by molar-refractivity contribution is -0.123. The quantitative estimate of drug-likeness (QED) is 0.534. The number of carbonyl (C=O) groups excluding carboxylic acids is 2. The molecule has 7 heteroatoms. The minimum atomic E-state index is -0.467. The number of ether oxygens (including phenoxy) is 2. The van der Waals surface area contributed by atoms with Gasteiger partial charge in [0.05, 0.1) is 12.2 Å². The van der Waals surface area contributed by atoms with E-state index in [2.05, 4.69) is 40.6 Å². The normalized spacial score (nSPS) is 11.4. The average Bonchev–Trinajstić information content (AvgIpc) is 2.74. The van der Waals surface area contributed by atoms with E-state index in [0.717, 1.165) is 22.9 Å². The van der Waals surface area contributed by atoms with E-state index in [1.54, 1.807) is 18.2 Å². The second-order valence-corrected chi connectivity index (χ2v) is 7.54. The van der Waals surface area contributed by atoms with Crippen molar-refractivity contribution in [1.82, 2.24) is 10.9 Å². The van der Waals surface area contributed by atoms with Gasteiger partial charge in [-0.15, -0.1) is 0 Å². The first-order valence-corrected chi connectivity index (χ1v) is 10.5. The van der Waals surface area contributed by atoms with Gasteiger partial charge in [-0.25, -0.2) is 0 Å². The summed E-state index contributed by atoms with van der Waals surface area (Å²) in [6, 6.07) is 12.8. The number of amides is 2. The number of rotatable bonds is 9. The fourth-order valence-electron chi connectivity index (χ4n) is 2.63. The van der Waals surface area contributed by atoms with Crippen LogP contribution in [0.25, 0.3) is 0 Å². The van der Waals surface area contributed by atoms with Crippen molar-refractivity contribution in [1.29, 1.82) is 0 Å². The van der Waals surface area contributed by atoms with Crippen molar-refractivity contribution in [3.63, 3.8) is 0 Å². The topological polar surface area (TPSA) is 76.7 Å². The van der Waals surface area contributed by atoms with E-state index in [9.17, 15) is 9.59 Å². The van der Waals surface area contributed by atoms with Crippen LogP contribution in [0, 0.1) is 0 Å². The van der Waals surface area contributed by atoms with Crippen molar-refractivity contribution in [2.24, 2.45) is 0 Å². The van der Waals surface area contributed by atoms with Gasteiger partial charge in [-0.05, 0) is 48.6 Å². The molecule has 0 aliphatic carbocycles. The molecule has 0 fully saturated rings. The Kier molecular flexibility index (Phi) is 8.99. The Bertz CT molecular complexity index is 841. The predicted molar refractivity (Wildman–Crippen MR) is 116 cm³/mol. The largest absolute Gasteiger partial charge is 0.493 e. The molecule has 0 aromatic heterocycles. The van der Waals surface area contributed by atoms with Crippen LogP contribution < -0.4 is 20.3 Å². The van der Waals surface area contributed by atoms with Crippen LogP contribution in [0.3, 0.4) is 0 Å². The average molecular weight is 463 g/mol. The van der Waals surface area contributed by atoms with E-state index in [1.165, 1.54) is 0 Å². The SMILES string of the molecule is CCCOc1ccc(Br)cc1C(=O)NNC(=O)COc1ccccc1C(C)CC. The van der Waals surface area contributed by atoms with Crippen molar-refractivity contribution < 1.29 is 19.1 Å². The molecule has 1 unspecified atom stereocenters. The molecule has 0 aliphatic rings. The molecule has 2 aromatic rings. The first-order chi connectivity index (χ1) is 14.0. The first kappa shape index (κ1) is 22.7. The molecule has 2 aromatic carbocycles. The zero-order valence-corrected chi connectivity index (χ0v) is 18.5. The molecule has 29 heavy (non-hydrogen) atoms. The fraction of sp³-hybridized carbons (Fsp3) is 0.364. The molecule has 0 saturated heterocycles. The highest BCUT2D eigenvalue weighted by molar-refractivity contribution is 9.10. The molecule has 2 amide bonds.